The molecule has 1 aromatic carbocycles. The predicted octanol–water partition coefficient (Wildman–Crippen LogP) is 3.76. The minimum atomic E-state index is -0.376. The van der Waals surface area contributed by atoms with Gasteiger partial charge >= 0.3 is 0 Å². The molecule has 1 saturated carbocycles. The molecule has 1 fully saturated rings. The largest absolute Gasteiger partial charge is 0.487 e. The van der Waals surface area contributed by atoms with Crippen molar-refractivity contribution < 1.29 is 9.84 Å². The van der Waals surface area contributed by atoms with E-state index in [-0.39, 0.29) is 11.7 Å². The normalized spacial score (nSPS) is 31.4. The second kappa shape index (κ2) is 4.27. The Morgan fingerprint density at radius 1 is 1.39 bits per heavy atom. The number of ether oxygens (including phenoxy) is 1. The number of hydrogen-bond acceptors (Lipinski definition) is 2. The molecule has 98 valence electrons. The van der Waals surface area contributed by atoms with Gasteiger partial charge in [0.15, 0.2) is 0 Å². The molecule has 1 aliphatic heterocycles. The Labute approximate surface area is 109 Å². The Kier molecular flexibility index (Phi) is 2.86. The maximum atomic E-state index is 10.3. The summed E-state index contributed by atoms with van der Waals surface area (Å²) in [6, 6.07) is 6.11. The molecule has 3 rings (SSSR count). The molecule has 1 aliphatic carbocycles. The Balaban J connectivity index is 1.83. The van der Waals surface area contributed by atoms with Crippen LogP contribution in [0.2, 0.25) is 0 Å². The van der Waals surface area contributed by atoms with Gasteiger partial charge in [-0.25, -0.2) is 0 Å². The van der Waals surface area contributed by atoms with Gasteiger partial charge in [0.1, 0.15) is 11.4 Å². The zero-order valence-electron chi connectivity index (χ0n) is 11.3. The van der Waals surface area contributed by atoms with E-state index in [1.807, 2.05) is 12.1 Å². The summed E-state index contributed by atoms with van der Waals surface area (Å²) in [5.41, 5.74) is 1.95. The predicted molar refractivity (Wildman–Crippen MR) is 71.7 cm³/mol. The molecule has 0 amide bonds. The van der Waals surface area contributed by atoms with Crippen LogP contribution < -0.4 is 4.74 Å². The topological polar surface area (TPSA) is 29.5 Å². The molecule has 2 heteroatoms. The van der Waals surface area contributed by atoms with E-state index in [4.69, 9.17) is 4.74 Å². The third-order valence-electron chi connectivity index (χ3n) is 4.45. The van der Waals surface area contributed by atoms with Crippen molar-refractivity contribution in [3.05, 3.63) is 29.3 Å². The number of benzene rings is 1. The quantitative estimate of drug-likeness (QED) is 0.861. The Morgan fingerprint density at radius 2 is 2.17 bits per heavy atom. The fourth-order valence-electron chi connectivity index (χ4n) is 3.28. The molecule has 0 saturated heterocycles. The Morgan fingerprint density at radius 3 is 2.83 bits per heavy atom. The Hall–Kier alpha value is -1.02. The lowest BCUT2D eigenvalue weighted by Crippen LogP contribution is -2.41. The van der Waals surface area contributed by atoms with Crippen molar-refractivity contribution in [1.82, 2.24) is 0 Å². The highest BCUT2D eigenvalue weighted by atomic mass is 16.5. The maximum absolute atomic E-state index is 10.3. The van der Waals surface area contributed by atoms with Gasteiger partial charge in [-0.2, -0.15) is 0 Å². The fraction of sp³-hybridized carbons (Fsp3) is 0.625. The van der Waals surface area contributed by atoms with Crippen LogP contribution in [0.3, 0.4) is 0 Å². The lowest BCUT2D eigenvalue weighted by Gasteiger charge is -2.42. The van der Waals surface area contributed by atoms with Crippen LogP contribution in [0.15, 0.2) is 18.2 Å². The summed E-state index contributed by atoms with van der Waals surface area (Å²) < 4.78 is 6.19. The van der Waals surface area contributed by atoms with Crippen LogP contribution in [0, 0.1) is 12.8 Å². The highest BCUT2D eigenvalue weighted by molar-refractivity contribution is 5.40. The van der Waals surface area contributed by atoms with E-state index in [9.17, 15) is 5.11 Å². The summed E-state index contributed by atoms with van der Waals surface area (Å²) >= 11 is 0. The summed E-state index contributed by atoms with van der Waals surface area (Å²) in [6.07, 6.45) is 5.45. The van der Waals surface area contributed by atoms with Crippen LogP contribution in [0.25, 0.3) is 0 Å². The Bertz CT molecular complexity index is 450. The third-order valence-corrected chi connectivity index (χ3v) is 4.45. The average molecular weight is 246 g/mol. The first-order valence-electron chi connectivity index (χ1n) is 7.03. The van der Waals surface area contributed by atoms with Crippen molar-refractivity contribution in [1.29, 1.82) is 0 Å². The van der Waals surface area contributed by atoms with E-state index in [1.165, 1.54) is 24.8 Å². The molecule has 0 bridgehead atoms. The van der Waals surface area contributed by atoms with Crippen molar-refractivity contribution >= 4 is 0 Å². The number of hydrogen-bond donors (Lipinski definition) is 1. The zero-order valence-corrected chi connectivity index (χ0v) is 11.3. The number of aliphatic hydroxyl groups is 1. The van der Waals surface area contributed by atoms with Gasteiger partial charge in [-0.3, -0.25) is 0 Å². The van der Waals surface area contributed by atoms with Crippen molar-refractivity contribution in [3.8, 4) is 5.75 Å². The summed E-state index contributed by atoms with van der Waals surface area (Å²) in [7, 11) is 0. The molecule has 1 heterocycles. The second-order valence-corrected chi connectivity index (χ2v) is 6.31. The van der Waals surface area contributed by atoms with Gasteiger partial charge in [-0.15, -0.1) is 0 Å². The summed E-state index contributed by atoms with van der Waals surface area (Å²) in [6.45, 7) is 4.20. The van der Waals surface area contributed by atoms with Gasteiger partial charge in [0.25, 0.3) is 0 Å². The van der Waals surface area contributed by atoms with E-state index in [2.05, 4.69) is 19.9 Å². The summed E-state index contributed by atoms with van der Waals surface area (Å²) in [5, 5.41) is 10.3. The molecule has 0 spiro atoms. The van der Waals surface area contributed by atoms with Gasteiger partial charge < -0.3 is 9.84 Å². The molecule has 1 N–H and O–H groups in total. The fourth-order valence-corrected chi connectivity index (χ4v) is 3.28. The highest BCUT2D eigenvalue weighted by Gasteiger charge is 2.39. The molecular weight excluding hydrogens is 224 g/mol. The van der Waals surface area contributed by atoms with Crippen molar-refractivity contribution in [2.75, 3.05) is 0 Å². The number of rotatable bonds is 2. The number of fused-ring (bicyclic) bond motifs is 1. The van der Waals surface area contributed by atoms with Crippen LogP contribution in [-0.4, -0.2) is 10.7 Å². The van der Waals surface area contributed by atoms with Gasteiger partial charge in [0, 0.05) is 12.0 Å². The van der Waals surface area contributed by atoms with Crippen molar-refractivity contribution in [2.45, 2.75) is 57.7 Å². The van der Waals surface area contributed by atoms with Crippen LogP contribution in [0.5, 0.6) is 5.75 Å². The number of aliphatic hydroxyl groups excluding tert-OH is 1. The molecule has 18 heavy (non-hydrogen) atoms. The average Bonchev–Trinajstić information content (AvgIpc) is 2.25. The van der Waals surface area contributed by atoms with E-state index >= 15 is 0 Å². The third kappa shape index (κ3) is 2.14. The maximum Gasteiger partial charge on any atom is 0.125 e. The van der Waals surface area contributed by atoms with Gasteiger partial charge in [0.05, 0.1) is 6.10 Å². The van der Waals surface area contributed by atoms with Crippen LogP contribution in [0.1, 0.15) is 56.3 Å². The first kappa shape index (κ1) is 12.0. The zero-order chi connectivity index (χ0) is 12.8. The summed E-state index contributed by atoms with van der Waals surface area (Å²) in [5.74, 6) is 1.68. The van der Waals surface area contributed by atoms with Crippen molar-refractivity contribution in [3.63, 3.8) is 0 Å². The van der Waals surface area contributed by atoms with Crippen LogP contribution in [0.4, 0.5) is 0 Å². The molecular formula is C16H22O2. The molecule has 1 unspecified atom stereocenters. The first-order chi connectivity index (χ1) is 8.56. The first-order valence-corrected chi connectivity index (χ1v) is 7.03. The van der Waals surface area contributed by atoms with Gasteiger partial charge in [0.2, 0.25) is 0 Å². The standard InChI is InChI=1S/C16H22O2/c1-11-6-7-15-13(8-11)14(17)10-16(2,18-15)9-12-4-3-5-12/h6-8,12,14,17H,3-5,9-10H2,1-2H3/t14-,16?/m1/s1. The van der Waals surface area contributed by atoms with Crippen molar-refractivity contribution in [2.24, 2.45) is 5.92 Å². The minimum Gasteiger partial charge on any atom is -0.487 e. The summed E-state index contributed by atoms with van der Waals surface area (Å²) in [4.78, 5) is 0. The lowest BCUT2D eigenvalue weighted by molar-refractivity contribution is -0.0248. The van der Waals surface area contributed by atoms with Crippen LogP contribution in [-0.2, 0) is 0 Å². The van der Waals surface area contributed by atoms with Crippen LogP contribution >= 0.6 is 0 Å². The van der Waals surface area contributed by atoms with Gasteiger partial charge in [-0.1, -0.05) is 30.9 Å². The molecule has 2 aliphatic rings. The SMILES string of the molecule is Cc1ccc2c(c1)[C@H](O)CC(C)(CC1CCC1)O2. The highest BCUT2D eigenvalue weighted by Crippen LogP contribution is 2.45. The lowest BCUT2D eigenvalue weighted by atomic mass is 9.75. The molecule has 0 aromatic heterocycles. The second-order valence-electron chi connectivity index (χ2n) is 6.31. The molecule has 2 nitrogen and oxygen atoms in total. The monoisotopic (exact) mass is 246 g/mol. The smallest absolute Gasteiger partial charge is 0.125 e. The molecule has 0 radical (unpaired) electrons. The van der Waals surface area contributed by atoms with Gasteiger partial charge in [-0.05, 0) is 38.3 Å². The van der Waals surface area contributed by atoms with E-state index in [1.54, 1.807) is 0 Å². The minimum absolute atomic E-state index is 0.188. The van der Waals surface area contributed by atoms with E-state index in [0.717, 1.165) is 30.1 Å². The van der Waals surface area contributed by atoms with E-state index < -0.39 is 0 Å². The molecule has 1 aromatic rings. The molecule has 2 atom stereocenters. The van der Waals surface area contributed by atoms with E-state index in [0.29, 0.717) is 0 Å². The number of aryl methyl sites for hydroxylation is 1.